The molecule has 0 aliphatic carbocycles. The molecule has 1 aromatic rings. The highest BCUT2D eigenvalue weighted by molar-refractivity contribution is 5.99. The van der Waals surface area contributed by atoms with E-state index in [0.29, 0.717) is 5.56 Å². The molecule has 0 bridgehead atoms. The van der Waals surface area contributed by atoms with E-state index in [4.69, 9.17) is 5.11 Å². The van der Waals surface area contributed by atoms with E-state index in [1.54, 1.807) is 12.1 Å². The second-order valence-electron chi connectivity index (χ2n) is 3.21. The Balaban J connectivity index is 2.42. The van der Waals surface area contributed by atoms with Crippen molar-refractivity contribution < 1.29 is 9.90 Å². The maximum atomic E-state index is 11.6. The molecular weight excluding hydrogens is 178 g/mol. The lowest BCUT2D eigenvalue weighted by Crippen LogP contribution is -2.35. The maximum absolute atomic E-state index is 11.6. The number of aliphatic hydroxyl groups is 1. The molecular formula is C11H11NO2. The minimum atomic E-state index is -0.283. The average molecular weight is 189 g/mol. The standard InChI is InChI=1S/C11H11NO2/c13-7-9-6-5-8-3-1-2-4-10(8)11(14)12-9/h1-6,9,13H,7H2,(H,12,14)/t9-/m1/s1. The quantitative estimate of drug-likeness (QED) is 0.686. The monoisotopic (exact) mass is 189 g/mol. The van der Waals surface area contributed by atoms with Crippen LogP contribution in [0.25, 0.3) is 6.08 Å². The van der Waals surface area contributed by atoms with E-state index in [9.17, 15) is 4.79 Å². The van der Waals surface area contributed by atoms with Crippen molar-refractivity contribution >= 4 is 12.0 Å². The van der Waals surface area contributed by atoms with Crippen LogP contribution in [-0.2, 0) is 0 Å². The van der Waals surface area contributed by atoms with Gasteiger partial charge in [0.15, 0.2) is 0 Å². The van der Waals surface area contributed by atoms with Crippen molar-refractivity contribution in [3.05, 3.63) is 41.5 Å². The molecule has 0 aromatic heterocycles. The van der Waals surface area contributed by atoms with Gasteiger partial charge in [-0.1, -0.05) is 30.4 Å². The number of fused-ring (bicyclic) bond motifs is 1. The summed E-state index contributed by atoms with van der Waals surface area (Å²) in [6.07, 6.45) is 3.65. The molecule has 14 heavy (non-hydrogen) atoms. The first-order valence-electron chi connectivity index (χ1n) is 4.50. The van der Waals surface area contributed by atoms with E-state index in [1.807, 2.05) is 24.3 Å². The van der Waals surface area contributed by atoms with Crippen LogP contribution in [-0.4, -0.2) is 23.7 Å². The normalized spacial score (nSPS) is 19.8. The molecule has 1 heterocycles. The predicted octanol–water partition coefficient (Wildman–Crippen LogP) is 0.804. The first-order valence-corrected chi connectivity index (χ1v) is 4.50. The number of benzene rings is 1. The van der Waals surface area contributed by atoms with Crippen molar-refractivity contribution in [2.45, 2.75) is 6.04 Å². The molecule has 0 spiro atoms. The number of rotatable bonds is 1. The maximum Gasteiger partial charge on any atom is 0.252 e. The van der Waals surface area contributed by atoms with Crippen molar-refractivity contribution in [2.75, 3.05) is 6.61 Å². The zero-order valence-corrected chi connectivity index (χ0v) is 7.60. The van der Waals surface area contributed by atoms with Gasteiger partial charge in [0, 0.05) is 5.56 Å². The molecule has 0 fully saturated rings. The Morgan fingerprint density at radius 2 is 2.14 bits per heavy atom. The zero-order chi connectivity index (χ0) is 9.97. The molecule has 1 amide bonds. The van der Waals surface area contributed by atoms with Gasteiger partial charge in [0.2, 0.25) is 0 Å². The molecule has 0 saturated carbocycles. The Bertz CT molecular complexity index is 385. The molecule has 1 aliphatic heterocycles. The highest BCUT2D eigenvalue weighted by Crippen LogP contribution is 2.14. The van der Waals surface area contributed by atoms with Gasteiger partial charge in [-0.15, -0.1) is 0 Å². The van der Waals surface area contributed by atoms with Crippen LogP contribution in [0.15, 0.2) is 30.3 Å². The number of hydrogen-bond acceptors (Lipinski definition) is 2. The van der Waals surface area contributed by atoms with Crippen LogP contribution in [0.5, 0.6) is 0 Å². The summed E-state index contributed by atoms with van der Waals surface area (Å²) in [4.78, 5) is 11.6. The summed E-state index contributed by atoms with van der Waals surface area (Å²) in [5, 5.41) is 11.7. The van der Waals surface area contributed by atoms with Gasteiger partial charge in [0.05, 0.1) is 12.6 Å². The number of hydrogen-bond donors (Lipinski definition) is 2. The predicted molar refractivity (Wildman–Crippen MR) is 53.8 cm³/mol. The number of aliphatic hydroxyl groups excluding tert-OH is 1. The van der Waals surface area contributed by atoms with Crippen LogP contribution in [0.2, 0.25) is 0 Å². The number of amides is 1. The van der Waals surface area contributed by atoms with Gasteiger partial charge >= 0.3 is 0 Å². The van der Waals surface area contributed by atoms with Crippen LogP contribution in [0.1, 0.15) is 15.9 Å². The average Bonchev–Trinajstić information content (AvgIpc) is 2.39. The first kappa shape index (κ1) is 8.97. The van der Waals surface area contributed by atoms with E-state index in [0.717, 1.165) is 5.56 Å². The van der Waals surface area contributed by atoms with Crippen LogP contribution in [0.4, 0.5) is 0 Å². The summed E-state index contributed by atoms with van der Waals surface area (Å²) in [5.74, 6) is -0.135. The topological polar surface area (TPSA) is 49.3 Å². The molecule has 1 atom stereocenters. The van der Waals surface area contributed by atoms with Crippen molar-refractivity contribution in [1.82, 2.24) is 5.32 Å². The van der Waals surface area contributed by atoms with E-state index >= 15 is 0 Å². The molecule has 1 aliphatic rings. The van der Waals surface area contributed by atoms with Crippen molar-refractivity contribution in [2.24, 2.45) is 0 Å². The van der Waals surface area contributed by atoms with Crippen molar-refractivity contribution in [1.29, 1.82) is 0 Å². The van der Waals surface area contributed by atoms with Gasteiger partial charge in [-0.25, -0.2) is 0 Å². The molecule has 0 radical (unpaired) electrons. The Hall–Kier alpha value is -1.61. The second-order valence-corrected chi connectivity index (χ2v) is 3.21. The second kappa shape index (κ2) is 3.64. The van der Waals surface area contributed by atoms with Crippen molar-refractivity contribution in [3.8, 4) is 0 Å². The third-order valence-corrected chi connectivity index (χ3v) is 2.23. The Morgan fingerprint density at radius 3 is 2.93 bits per heavy atom. The molecule has 3 nitrogen and oxygen atoms in total. The summed E-state index contributed by atoms with van der Waals surface area (Å²) in [7, 11) is 0. The smallest absolute Gasteiger partial charge is 0.252 e. The molecule has 0 unspecified atom stereocenters. The lowest BCUT2D eigenvalue weighted by atomic mass is 10.1. The SMILES string of the molecule is O=C1N[C@@H](CO)C=Cc2ccccc21. The largest absolute Gasteiger partial charge is 0.394 e. The fourth-order valence-electron chi connectivity index (χ4n) is 1.47. The van der Waals surface area contributed by atoms with E-state index < -0.39 is 0 Å². The third kappa shape index (κ3) is 1.54. The lowest BCUT2D eigenvalue weighted by molar-refractivity contribution is 0.0931. The minimum absolute atomic E-state index is 0.0732. The molecule has 72 valence electrons. The summed E-state index contributed by atoms with van der Waals surface area (Å²) in [5.41, 5.74) is 1.54. The molecule has 2 N–H and O–H groups in total. The fourth-order valence-corrected chi connectivity index (χ4v) is 1.47. The fraction of sp³-hybridized carbons (Fsp3) is 0.182. The van der Waals surface area contributed by atoms with Gasteiger partial charge in [0.1, 0.15) is 0 Å². The zero-order valence-electron chi connectivity index (χ0n) is 7.60. The Kier molecular flexibility index (Phi) is 2.33. The molecule has 2 rings (SSSR count). The van der Waals surface area contributed by atoms with Crippen LogP contribution in [0.3, 0.4) is 0 Å². The highest BCUT2D eigenvalue weighted by Gasteiger charge is 2.15. The van der Waals surface area contributed by atoms with E-state index in [-0.39, 0.29) is 18.6 Å². The van der Waals surface area contributed by atoms with Crippen LogP contribution < -0.4 is 5.32 Å². The van der Waals surface area contributed by atoms with E-state index in [2.05, 4.69) is 5.32 Å². The van der Waals surface area contributed by atoms with Gasteiger partial charge < -0.3 is 10.4 Å². The van der Waals surface area contributed by atoms with Gasteiger partial charge in [-0.3, -0.25) is 4.79 Å². The number of carbonyl (C=O) groups is 1. The summed E-state index contributed by atoms with van der Waals surface area (Å²) >= 11 is 0. The molecule has 0 saturated heterocycles. The number of carbonyl (C=O) groups excluding carboxylic acids is 1. The summed E-state index contributed by atoms with van der Waals surface area (Å²) < 4.78 is 0. The minimum Gasteiger partial charge on any atom is -0.394 e. The van der Waals surface area contributed by atoms with Crippen LogP contribution >= 0.6 is 0 Å². The lowest BCUT2D eigenvalue weighted by Gasteiger charge is -2.09. The van der Waals surface area contributed by atoms with Crippen molar-refractivity contribution in [3.63, 3.8) is 0 Å². The van der Waals surface area contributed by atoms with Gasteiger partial charge in [-0.2, -0.15) is 0 Å². The van der Waals surface area contributed by atoms with Crippen LogP contribution in [0, 0.1) is 0 Å². The Morgan fingerprint density at radius 1 is 1.36 bits per heavy atom. The third-order valence-electron chi connectivity index (χ3n) is 2.23. The summed E-state index contributed by atoms with van der Waals surface area (Å²) in [6, 6.07) is 7.08. The Labute approximate surface area is 82.1 Å². The highest BCUT2D eigenvalue weighted by atomic mass is 16.3. The molecule has 1 aromatic carbocycles. The van der Waals surface area contributed by atoms with Gasteiger partial charge in [0.25, 0.3) is 5.91 Å². The molecule has 3 heteroatoms. The number of nitrogens with one attached hydrogen (secondary N) is 1. The summed E-state index contributed by atoms with van der Waals surface area (Å²) in [6.45, 7) is -0.0732. The van der Waals surface area contributed by atoms with Gasteiger partial charge in [-0.05, 0) is 11.6 Å². The first-order chi connectivity index (χ1) is 6.81. The van der Waals surface area contributed by atoms with E-state index in [1.165, 1.54) is 0 Å².